The van der Waals surface area contributed by atoms with E-state index in [1.165, 1.54) is 55.4 Å². The molecule has 1 aromatic carbocycles. The number of nitrogens with one attached hydrogen (secondary N) is 1. The summed E-state index contributed by atoms with van der Waals surface area (Å²) < 4.78 is 102. The van der Waals surface area contributed by atoms with Crippen molar-refractivity contribution in [3.8, 4) is 11.6 Å². The molecule has 1 aliphatic rings. The van der Waals surface area contributed by atoms with E-state index in [0.717, 1.165) is 17.4 Å². The third-order valence-electron chi connectivity index (χ3n) is 9.11. The fraction of sp³-hybridized carbons (Fsp3) is 0.636. The van der Waals surface area contributed by atoms with Crippen molar-refractivity contribution in [2.24, 2.45) is 21.7 Å². The number of aryl methyl sites for hydroxylation is 2. The third kappa shape index (κ3) is 14.1. The van der Waals surface area contributed by atoms with Gasteiger partial charge in [0.15, 0.2) is 17.9 Å². The zero-order chi connectivity index (χ0) is 49.3. The molecular weight excluding hydrogens is 827 g/mol. The van der Waals surface area contributed by atoms with Crippen LogP contribution < -0.4 is 9.47 Å². The molecule has 0 radical (unpaired) electrons. The summed E-state index contributed by atoms with van der Waals surface area (Å²) in [5.41, 5.74) is -3.52. The standard InChI is InChI=1S/C44H63N3O14S/c1-41(2,3)37(48)55-25-29-31(58-38(49)42(4,5)6)32(59-39(50)43(7,8)9)33(60-40(51)44(10,11)12)36(57-29)61-35-30-27(21-22-45-34(30)46-47-35)18-15-26-16-19-28(20-17-26)54-23-14-24-56-62(13,52)53/h16-17,19-22,29,31-33,36H,14-15,18,23-25H2,1-13H3,(H,45,46,47)/t29-,31-,32+,33-,36?/m1/s1/i1D,4D,7D,10D. The number of hydrogen-bond acceptors (Lipinski definition) is 16. The summed E-state index contributed by atoms with van der Waals surface area (Å²) in [5.74, 6) is -3.06. The van der Waals surface area contributed by atoms with Crippen LogP contribution in [0.25, 0.3) is 11.0 Å². The Morgan fingerprint density at radius 1 is 0.758 bits per heavy atom. The van der Waals surface area contributed by atoms with Gasteiger partial charge in [0.2, 0.25) is 18.3 Å². The summed E-state index contributed by atoms with van der Waals surface area (Å²) in [6.07, 6.45) is -4.48. The first-order valence-electron chi connectivity index (χ1n) is 22.8. The van der Waals surface area contributed by atoms with Gasteiger partial charge in [-0.05, 0) is 125 Å². The lowest BCUT2D eigenvalue weighted by atomic mass is 9.93. The number of carbonyl (C=O) groups is 4. The molecular formula is C44H63N3O14S. The van der Waals surface area contributed by atoms with Crippen LogP contribution in [0.15, 0.2) is 36.5 Å². The number of fused-ring (bicyclic) bond motifs is 1. The van der Waals surface area contributed by atoms with Gasteiger partial charge >= 0.3 is 23.9 Å². The molecule has 62 heavy (non-hydrogen) atoms. The van der Waals surface area contributed by atoms with Crippen molar-refractivity contribution in [3.05, 3.63) is 47.7 Å². The molecule has 344 valence electrons. The van der Waals surface area contributed by atoms with Gasteiger partial charge < -0.3 is 33.2 Å². The minimum absolute atomic E-state index is 0.00254. The van der Waals surface area contributed by atoms with Crippen LogP contribution in [0.3, 0.4) is 0 Å². The van der Waals surface area contributed by atoms with Gasteiger partial charge in [0, 0.05) is 18.1 Å². The second kappa shape index (κ2) is 19.7. The number of nitrogens with zero attached hydrogens (tertiary/aromatic N) is 2. The van der Waals surface area contributed by atoms with Crippen LogP contribution in [0, 0.1) is 21.7 Å². The number of benzene rings is 1. The summed E-state index contributed by atoms with van der Waals surface area (Å²) in [5, 5.41) is 7.64. The molecule has 0 spiro atoms. The summed E-state index contributed by atoms with van der Waals surface area (Å²) >= 11 is 0. The van der Waals surface area contributed by atoms with Crippen LogP contribution in [-0.4, -0.2) is 104 Å². The fourth-order valence-electron chi connectivity index (χ4n) is 5.59. The smallest absolute Gasteiger partial charge is 0.311 e. The van der Waals surface area contributed by atoms with E-state index in [4.69, 9.17) is 42.8 Å². The van der Waals surface area contributed by atoms with Crippen LogP contribution in [0.1, 0.15) is 106 Å². The number of pyridine rings is 1. The molecule has 1 N–H and O–H groups in total. The van der Waals surface area contributed by atoms with Gasteiger partial charge in [-0.15, -0.1) is 5.10 Å². The van der Waals surface area contributed by atoms with Crippen molar-refractivity contribution in [1.82, 2.24) is 15.2 Å². The Morgan fingerprint density at radius 3 is 1.90 bits per heavy atom. The third-order valence-corrected chi connectivity index (χ3v) is 9.71. The summed E-state index contributed by atoms with van der Waals surface area (Å²) in [7, 11) is -3.54. The molecule has 0 saturated carbocycles. The highest BCUT2D eigenvalue weighted by Crippen LogP contribution is 2.37. The molecule has 4 rings (SSSR count). The maximum absolute atomic E-state index is 13.9. The SMILES string of the molecule is [2H]CC(C)(C)C(=O)OC[C@H]1OC(Oc2n[nH]c3nccc(CCc4ccc(OCCCOS(C)(=O)=O)cc4)c23)[C@H](OC(=O)C(C)(C)C[2H])[C@@H](OC(=O)C(C)(C)C[2H])[C@@H]1OC(=O)C(C)(C)C[2H]. The van der Waals surface area contributed by atoms with E-state index in [1.54, 1.807) is 24.4 Å². The molecule has 1 fully saturated rings. The second-order valence-corrected chi connectivity index (χ2v) is 19.6. The molecule has 1 aliphatic heterocycles. The minimum Gasteiger partial charge on any atom is -0.494 e. The number of aromatic amines is 1. The van der Waals surface area contributed by atoms with Gasteiger partial charge in [0.05, 0.1) is 46.5 Å². The number of ether oxygens (including phenoxy) is 7. The first-order chi connectivity index (χ1) is 30.8. The molecule has 5 atom stereocenters. The molecule has 3 aromatic rings. The van der Waals surface area contributed by atoms with Crippen LogP contribution in [0.2, 0.25) is 0 Å². The topological polar surface area (TPSA) is 218 Å². The Bertz CT molecular complexity index is 2260. The normalized spacial score (nSPS) is 20.8. The molecule has 1 unspecified atom stereocenters. The quantitative estimate of drug-likeness (QED) is 0.0748. The Labute approximate surface area is 369 Å². The summed E-state index contributed by atoms with van der Waals surface area (Å²) in [4.78, 5) is 59.2. The van der Waals surface area contributed by atoms with E-state index in [1.807, 2.05) is 12.1 Å². The van der Waals surface area contributed by atoms with Crippen molar-refractivity contribution in [3.63, 3.8) is 0 Å². The zero-order valence-electron chi connectivity index (χ0n) is 40.9. The molecule has 1 saturated heterocycles. The zero-order valence-corrected chi connectivity index (χ0v) is 37.8. The van der Waals surface area contributed by atoms with Gasteiger partial charge in [0.25, 0.3) is 10.1 Å². The van der Waals surface area contributed by atoms with E-state index in [0.29, 0.717) is 36.0 Å². The highest BCUT2D eigenvalue weighted by molar-refractivity contribution is 7.85. The molecule has 3 heterocycles. The summed E-state index contributed by atoms with van der Waals surface area (Å²) in [6, 6.07) is 9.12. The Morgan fingerprint density at radius 2 is 1.32 bits per heavy atom. The lowest BCUT2D eigenvalue weighted by Crippen LogP contribution is -2.65. The fourth-order valence-corrected chi connectivity index (χ4v) is 6.01. The predicted octanol–water partition coefficient (Wildman–Crippen LogP) is 6.05. The monoisotopic (exact) mass is 893 g/mol. The highest BCUT2D eigenvalue weighted by Gasteiger charge is 2.56. The molecule has 0 bridgehead atoms. The number of aromatic nitrogens is 3. The average Bonchev–Trinajstić information content (AvgIpc) is 3.69. The van der Waals surface area contributed by atoms with Crippen molar-refractivity contribution >= 4 is 45.0 Å². The van der Waals surface area contributed by atoms with Crippen molar-refractivity contribution in [2.45, 2.75) is 133 Å². The highest BCUT2D eigenvalue weighted by atomic mass is 32.2. The summed E-state index contributed by atoms with van der Waals surface area (Å²) in [6.45, 7) is 9.82. The van der Waals surface area contributed by atoms with Crippen LogP contribution >= 0.6 is 0 Å². The first kappa shape index (κ1) is 43.8. The van der Waals surface area contributed by atoms with Crippen LogP contribution in [-0.2, 0) is 70.0 Å². The number of hydrogen-bond donors (Lipinski definition) is 1. The predicted molar refractivity (Wildman–Crippen MR) is 226 cm³/mol. The van der Waals surface area contributed by atoms with Gasteiger partial charge in [0.1, 0.15) is 18.5 Å². The average molecular weight is 894 g/mol. The Balaban J connectivity index is 1.76. The molecule has 0 aliphatic carbocycles. The number of rotatable bonds is 16. The van der Waals surface area contributed by atoms with E-state index in [-0.39, 0.29) is 26.0 Å². The number of esters is 4. The van der Waals surface area contributed by atoms with Crippen molar-refractivity contribution in [1.29, 1.82) is 0 Å². The second-order valence-electron chi connectivity index (χ2n) is 18.0. The van der Waals surface area contributed by atoms with Crippen LogP contribution in [0.4, 0.5) is 0 Å². The van der Waals surface area contributed by atoms with Crippen molar-refractivity contribution < 1.29 is 70.4 Å². The molecule has 2 aromatic heterocycles. The largest absolute Gasteiger partial charge is 0.494 e. The van der Waals surface area contributed by atoms with E-state index >= 15 is 0 Å². The molecule has 18 heteroatoms. The van der Waals surface area contributed by atoms with E-state index in [9.17, 15) is 27.6 Å². The maximum Gasteiger partial charge on any atom is 0.311 e. The van der Waals surface area contributed by atoms with E-state index < -0.39 is 114 Å². The molecule has 17 nitrogen and oxygen atoms in total. The lowest BCUT2D eigenvalue weighted by Gasteiger charge is -2.45. The maximum atomic E-state index is 13.9. The lowest BCUT2D eigenvalue weighted by molar-refractivity contribution is -0.294. The minimum atomic E-state index is -3.54. The number of H-pyrrole nitrogens is 1. The van der Waals surface area contributed by atoms with Gasteiger partial charge in [-0.25, -0.2) is 4.98 Å². The Kier molecular flexibility index (Phi) is 13.9. The van der Waals surface area contributed by atoms with Gasteiger partial charge in [-0.2, -0.15) is 8.42 Å². The molecule has 0 amide bonds. The number of carbonyl (C=O) groups excluding carboxylic acids is 4. The van der Waals surface area contributed by atoms with Crippen molar-refractivity contribution in [2.75, 3.05) is 26.1 Å². The van der Waals surface area contributed by atoms with E-state index in [2.05, 4.69) is 15.2 Å². The van der Waals surface area contributed by atoms with Crippen LogP contribution in [0.5, 0.6) is 11.6 Å². The van der Waals surface area contributed by atoms with Gasteiger partial charge in [-0.3, -0.25) is 28.5 Å². The first-order valence-corrected chi connectivity index (χ1v) is 21.8. The Hall–Kier alpha value is -4.81. The van der Waals surface area contributed by atoms with Gasteiger partial charge in [-0.1, -0.05) is 12.1 Å².